The molecule has 0 aliphatic carbocycles. The van der Waals surface area contributed by atoms with E-state index in [4.69, 9.17) is 0 Å². The summed E-state index contributed by atoms with van der Waals surface area (Å²) in [6.07, 6.45) is 2.77. The van der Waals surface area contributed by atoms with Crippen molar-refractivity contribution in [2.45, 2.75) is 19.8 Å². The number of likely N-dealkylation sites (tertiary alicyclic amines) is 1. The molecule has 2 heterocycles. The number of rotatable bonds is 5. The van der Waals surface area contributed by atoms with Gasteiger partial charge in [-0.25, -0.2) is 8.42 Å². The molecule has 1 aliphatic heterocycles. The smallest absolute Gasteiger partial charge is 0.267 e. The highest BCUT2D eigenvalue weighted by molar-refractivity contribution is 7.91. The number of aromatic amines is 1. The number of hydrogen-bond donors (Lipinski definition) is 2. The van der Waals surface area contributed by atoms with Gasteiger partial charge in [0.2, 0.25) is 5.91 Å². The van der Waals surface area contributed by atoms with Crippen LogP contribution in [0.2, 0.25) is 0 Å². The van der Waals surface area contributed by atoms with Crippen molar-refractivity contribution in [1.82, 2.24) is 15.2 Å². The molecule has 2 N–H and O–H groups in total. The number of nitrogens with zero attached hydrogens (tertiary/aromatic N) is 1. The average molecular weight is 391 g/mol. The van der Waals surface area contributed by atoms with Gasteiger partial charge in [0.15, 0.2) is 9.84 Å². The van der Waals surface area contributed by atoms with Crippen molar-refractivity contribution in [3.05, 3.63) is 35.5 Å². The molecule has 0 spiro atoms. The van der Waals surface area contributed by atoms with Crippen LogP contribution >= 0.6 is 0 Å². The fraction of sp³-hybridized carbons (Fsp3) is 0.474. The molecule has 1 atom stereocenters. The number of piperidine rings is 1. The van der Waals surface area contributed by atoms with Gasteiger partial charge in [-0.1, -0.05) is 11.6 Å². The molecule has 2 aromatic rings. The Morgan fingerprint density at radius 1 is 1.30 bits per heavy atom. The van der Waals surface area contributed by atoms with Crippen molar-refractivity contribution in [1.29, 1.82) is 0 Å². The summed E-state index contributed by atoms with van der Waals surface area (Å²) in [5.41, 5.74) is 2.56. The molecule has 1 aromatic heterocycles. The second-order valence-corrected chi connectivity index (χ2v) is 9.54. The molecule has 8 heteroatoms. The quantitative estimate of drug-likeness (QED) is 0.807. The van der Waals surface area contributed by atoms with Crippen molar-refractivity contribution in [3.8, 4) is 0 Å². The number of carbonyl (C=O) groups excluding carboxylic acids is 2. The Balaban J connectivity index is 1.57. The molecule has 3 rings (SSSR count). The third kappa shape index (κ3) is 5.09. The van der Waals surface area contributed by atoms with Crippen molar-refractivity contribution >= 4 is 32.6 Å². The molecule has 146 valence electrons. The summed E-state index contributed by atoms with van der Waals surface area (Å²) < 4.78 is 22.6. The van der Waals surface area contributed by atoms with Gasteiger partial charge < -0.3 is 15.2 Å². The standard InChI is InChI=1S/C19H25N3O4S/c1-13-5-6-16-15(8-13)9-17(21-16)19(24)20-10-14-4-3-7-22(11-14)18(23)12-27(2,25)26/h5-6,8-9,14,21H,3-4,7,10-12H2,1-2H3,(H,20,24). The van der Waals surface area contributed by atoms with Crippen LogP contribution in [0.1, 0.15) is 28.9 Å². The maximum absolute atomic E-state index is 12.4. The summed E-state index contributed by atoms with van der Waals surface area (Å²) in [6, 6.07) is 7.80. The second-order valence-electron chi connectivity index (χ2n) is 7.40. The zero-order chi connectivity index (χ0) is 19.6. The lowest BCUT2D eigenvalue weighted by molar-refractivity contribution is -0.130. The van der Waals surface area contributed by atoms with Gasteiger partial charge in [0.1, 0.15) is 11.4 Å². The van der Waals surface area contributed by atoms with E-state index in [0.717, 1.165) is 35.6 Å². The molecule has 1 unspecified atom stereocenters. The van der Waals surface area contributed by atoms with Crippen molar-refractivity contribution < 1.29 is 18.0 Å². The van der Waals surface area contributed by atoms with Crippen LogP contribution in [0, 0.1) is 12.8 Å². The predicted molar refractivity (Wildman–Crippen MR) is 104 cm³/mol. The number of H-pyrrole nitrogens is 1. The summed E-state index contributed by atoms with van der Waals surface area (Å²) in [7, 11) is -3.33. The topological polar surface area (TPSA) is 99.3 Å². The van der Waals surface area contributed by atoms with E-state index in [9.17, 15) is 18.0 Å². The highest BCUT2D eigenvalue weighted by Crippen LogP contribution is 2.18. The largest absolute Gasteiger partial charge is 0.351 e. The van der Waals surface area contributed by atoms with Gasteiger partial charge in [0.05, 0.1) is 0 Å². The van der Waals surface area contributed by atoms with Crippen LogP contribution in [0.4, 0.5) is 0 Å². The molecule has 1 aromatic carbocycles. The molecule has 0 bridgehead atoms. The first-order valence-electron chi connectivity index (χ1n) is 9.04. The lowest BCUT2D eigenvalue weighted by Gasteiger charge is -2.32. The van der Waals surface area contributed by atoms with Crippen molar-refractivity contribution in [2.75, 3.05) is 31.6 Å². The van der Waals surface area contributed by atoms with Crippen LogP contribution in [0.15, 0.2) is 24.3 Å². The van der Waals surface area contributed by atoms with Gasteiger partial charge in [0, 0.05) is 36.8 Å². The van der Waals surface area contributed by atoms with Gasteiger partial charge in [-0.05, 0) is 43.9 Å². The lowest BCUT2D eigenvalue weighted by atomic mass is 9.98. The predicted octanol–water partition coefficient (Wildman–Crippen LogP) is 1.49. The lowest BCUT2D eigenvalue weighted by Crippen LogP contribution is -2.45. The third-order valence-corrected chi connectivity index (χ3v) is 5.60. The Morgan fingerprint density at radius 2 is 2.07 bits per heavy atom. The second kappa shape index (κ2) is 7.72. The number of aromatic nitrogens is 1. The number of benzene rings is 1. The minimum atomic E-state index is -3.33. The molecule has 7 nitrogen and oxygen atoms in total. The Kier molecular flexibility index (Phi) is 5.55. The third-order valence-electron chi connectivity index (χ3n) is 4.83. The minimum Gasteiger partial charge on any atom is -0.351 e. The molecule has 1 fully saturated rings. The van der Waals surface area contributed by atoms with E-state index in [1.165, 1.54) is 0 Å². The van der Waals surface area contributed by atoms with Gasteiger partial charge >= 0.3 is 0 Å². The van der Waals surface area contributed by atoms with Gasteiger partial charge in [-0.3, -0.25) is 9.59 Å². The Morgan fingerprint density at radius 3 is 2.81 bits per heavy atom. The van der Waals surface area contributed by atoms with Crippen LogP contribution in [0.3, 0.4) is 0 Å². The fourth-order valence-electron chi connectivity index (χ4n) is 3.48. The van der Waals surface area contributed by atoms with E-state index in [0.29, 0.717) is 25.3 Å². The van der Waals surface area contributed by atoms with Crippen LogP contribution in [0.5, 0.6) is 0 Å². The molecular formula is C19H25N3O4S. The number of hydrogen-bond acceptors (Lipinski definition) is 4. The number of carbonyl (C=O) groups is 2. The van der Waals surface area contributed by atoms with E-state index in [-0.39, 0.29) is 17.7 Å². The van der Waals surface area contributed by atoms with E-state index >= 15 is 0 Å². The average Bonchev–Trinajstić information content (AvgIpc) is 3.01. The monoisotopic (exact) mass is 391 g/mol. The van der Waals surface area contributed by atoms with E-state index in [1.807, 2.05) is 31.2 Å². The van der Waals surface area contributed by atoms with Crippen molar-refractivity contribution in [2.24, 2.45) is 5.92 Å². The molecule has 0 radical (unpaired) electrons. The molecule has 2 amide bonds. The highest BCUT2D eigenvalue weighted by atomic mass is 32.2. The first-order chi connectivity index (χ1) is 12.7. The van der Waals surface area contributed by atoms with E-state index < -0.39 is 15.6 Å². The summed E-state index contributed by atoms with van der Waals surface area (Å²) in [6.45, 7) is 3.50. The van der Waals surface area contributed by atoms with Gasteiger partial charge in [-0.2, -0.15) is 0 Å². The summed E-state index contributed by atoms with van der Waals surface area (Å²) in [5, 5.41) is 3.92. The molecule has 1 saturated heterocycles. The summed E-state index contributed by atoms with van der Waals surface area (Å²) in [4.78, 5) is 29.3. The number of amides is 2. The Hall–Kier alpha value is -2.35. The Labute approximate surface area is 159 Å². The van der Waals surface area contributed by atoms with Crippen molar-refractivity contribution in [3.63, 3.8) is 0 Å². The highest BCUT2D eigenvalue weighted by Gasteiger charge is 2.26. The fourth-order valence-corrected chi connectivity index (χ4v) is 4.11. The normalized spacial score (nSPS) is 17.9. The SMILES string of the molecule is Cc1ccc2[nH]c(C(=O)NCC3CCCN(C(=O)CS(C)(=O)=O)C3)cc2c1. The van der Waals surface area contributed by atoms with Crippen LogP contribution < -0.4 is 5.32 Å². The van der Waals surface area contributed by atoms with Gasteiger partial charge in [-0.15, -0.1) is 0 Å². The number of sulfone groups is 1. The zero-order valence-corrected chi connectivity index (χ0v) is 16.4. The number of fused-ring (bicyclic) bond motifs is 1. The van der Waals surface area contributed by atoms with Gasteiger partial charge in [0.25, 0.3) is 5.91 Å². The Bertz CT molecular complexity index is 964. The van der Waals surface area contributed by atoms with Crippen LogP contribution in [-0.4, -0.2) is 61.8 Å². The maximum Gasteiger partial charge on any atom is 0.267 e. The molecule has 27 heavy (non-hydrogen) atoms. The molecule has 1 aliphatic rings. The summed E-state index contributed by atoms with van der Waals surface area (Å²) in [5.74, 6) is -0.874. The number of aryl methyl sites for hydroxylation is 1. The minimum absolute atomic E-state index is 0.123. The van der Waals surface area contributed by atoms with E-state index in [2.05, 4.69) is 10.3 Å². The number of nitrogens with one attached hydrogen (secondary N) is 2. The van der Waals surface area contributed by atoms with Crippen LogP contribution in [-0.2, 0) is 14.6 Å². The van der Waals surface area contributed by atoms with Crippen LogP contribution in [0.25, 0.3) is 10.9 Å². The maximum atomic E-state index is 12.4. The molecular weight excluding hydrogens is 366 g/mol. The first kappa shape index (κ1) is 19.4. The molecule has 0 saturated carbocycles. The van der Waals surface area contributed by atoms with E-state index in [1.54, 1.807) is 4.90 Å². The first-order valence-corrected chi connectivity index (χ1v) is 11.1. The zero-order valence-electron chi connectivity index (χ0n) is 15.6. The summed E-state index contributed by atoms with van der Waals surface area (Å²) >= 11 is 0.